The van der Waals surface area contributed by atoms with Gasteiger partial charge in [-0.2, -0.15) is 0 Å². The normalized spacial score (nSPS) is 24.6. The second-order valence-electron chi connectivity index (χ2n) is 9.59. The van der Waals surface area contributed by atoms with Crippen LogP contribution in [0.5, 0.6) is 0 Å². The van der Waals surface area contributed by atoms with Gasteiger partial charge in [0.05, 0.1) is 22.7 Å². The topological polar surface area (TPSA) is 55.8 Å². The number of benzene rings is 2. The fourth-order valence-electron chi connectivity index (χ4n) is 5.39. The molecule has 184 valence electrons. The molecule has 2 aliphatic rings. The van der Waals surface area contributed by atoms with E-state index in [1.54, 1.807) is 6.07 Å². The number of carboxylic acids is 1. The summed E-state index contributed by atoms with van der Waals surface area (Å²) in [4.78, 5) is 16.4. The summed E-state index contributed by atoms with van der Waals surface area (Å²) < 4.78 is 0. The molecule has 1 saturated heterocycles. The first-order valence-electron chi connectivity index (χ1n) is 12.0. The third kappa shape index (κ3) is 5.76. The van der Waals surface area contributed by atoms with Crippen molar-refractivity contribution < 1.29 is 9.90 Å². The predicted molar refractivity (Wildman–Crippen MR) is 142 cm³/mol. The van der Waals surface area contributed by atoms with Crippen molar-refractivity contribution in [1.82, 2.24) is 4.90 Å². The molecule has 4 rings (SSSR count). The lowest BCUT2D eigenvalue weighted by Gasteiger charge is -2.46. The molecule has 1 saturated carbocycles. The van der Waals surface area contributed by atoms with Crippen LogP contribution in [0.2, 0.25) is 15.1 Å². The minimum Gasteiger partial charge on any atom is -0.481 e. The van der Waals surface area contributed by atoms with Crippen molar-refractivity contribution >= 4 is 52.1 Å². The van der Waals surface area contributed by atoms with E-state index in [0.29, 0.717) is 27.2 Å². The maximum atomic E-state index is 11.5. The van der Waals surface area contributed by atoms with E-state index in [9.17, 15) is 9.90 Å². The third-order valence-corrected chi connectivity index (χ3v) is 8.15. The van der Waals surface area contributed by atoms with Crippen LogP contribution in [0.25, 0.3) is 0 Å². The van der Waals surface area contributed by atoms with Gasteiger partial charge in [-0.3, -0.25) is 9.69 Å². The van der Waals surface area contributed by atoms with E-state index in [1.165, 1.54) is 0 Å². The maximum Gasteiger partial charge on any atom is 0.306 e. The van der Waals surface area contributed by atoms with E-state index >= 15 is 0 Å². The Bertz CT molecular complexity index is 1030. The molecule has 8 heteroatoms. The summed E-state index contributed by atoms with van der Waals surface area (Å²) in [5.41, 5.74) is 2.95. The predicted octanol–water partition coefficient (Wildman–Crippen LogP) is 6.97. The molecule has 2 unspecified atom stereocenters. The lowest BCUT2D eigenvalue weighted by atomic mass is 9.84. The Kier molecular flexibility index (Phi) is 8.19. The number of anilines is 2. The molecule has 4 atom stereocenters. The number of carboxylic acid groups (broad SMARTS) is 1. The van der Waals surface area contributed by atoms with E-state index < -0.39 is 5.97 Å². The molecular formula is C26H32Cl3N3O2. The van der Waals surface area contributed by atoms with Gasteiger partial charge in [0.1, 0.15) is 0 Å². The van der Waals surface area contributed by atoms with Gasteiger partial charge in [0.25, 0.3) is 0 Å². The SMILES string of the molecule is CC(Nc1cc(N2CCN([C@H]3CCCC(C(=O)O)C3)C[C@@H]2C)ccc1Cl)c1ccc(Cl)cc1Cl. The van der Waals surface area contributed by atoms with E-state index in [2.05, 4.69) is 34.2 Å². The van der Waals surface area contributed by atoms with Crippen molar-refractivity contribution in [2.75, 3.05) is 29.9 Å². The molecule has 34 heavy (non-hydrogen) atoms. The highest BCUT2D eigenvalue weighted by molar-refractivity contribution is 6.35. The van der Waals surface area contributed by atoms with Gasteiger partial charge in [0.2, 0.25) is 0 Å². The minimum atomic E-state index is -0.647. The van der Waals surface area contributed by atoms with Crippen LogP contribution in [0.3, 0.4) is 0 Å². The van der Waals surface area contributed by atoms with Crippen molar-refractivity contribution in [3.63, 3.8) is 0 Å². The van der Waals surface area contributed by atoms with Gasteiger partial charge < -0.3 is 15.3 Å². The van der Waals surface area contributed by atoms with Gasteiger partial charge >= 0.3 is 5.97 Å². The number of piperazine rings is 1. The summed E-state index contributed by atoms with van der Waals surface area (Å²) in [6.45, 7) is 7.05. The zero-order valence-electron chi connectivity index (χ0n) is 19.6. The Balaban J connectivity index is 1.44. The van der Waals surface area contributed by atoms with E-state index in [1.807, 2.05) is 25.1 Å². The highest BCUT2D eigenvalue weighted by Crippen LogP contribution is 2.35. The lowest BCUT2D eigenvalue weighted by molar-refractivity contribution is -0.143. The molecule has 2 aromatic carbocycles. The average molecular weight is 525 g/mol. The molecule has 0 radical (unpaired) electrons. The highest BCUT2D eigenvalue weighted by Gasteiger charge is 2.34. The Morgan fingerprint density at radius 1 is 1.09 bits per heavy atom. The molecule has 2 N–H and O–H groups in total. The summed E-state index contributed by atoms with van der Waals surface area (Å²) >= 11 is 19.0. The van der Waals surface area contributed by atoms with Crippen molar-refractivity contribution in [2.24, 2.45) is 5.92 Å². The van der Waals surface area contributed by atoms with Gasteiger partial charge in [-0.05, 0) is 69.0 Å². The molecule has 1 aliphatic heterocycles. The summed E-state index contributed by atoms with van der Waals surface area (Å²) in [6.07, 6.45) is 3.67. The summed E-state index contributed by atoms with van der Waals surface area (Å²) in [5.74, 6) is -0.847. The van der Waals surface area contributed by atoms with Crippen molar-refractivity contribution in [3.05, 3.63) is 57.0 Å². The summed E-state index contributed by atoms with van der Waals surface area (Å²) in [7, 11) is 0. The fourth-order valence-corrected chi connectivity index (χ4v) is 6.13. The third-order valence-electron chi connectivity index (χ3n) is 7.25. The number of halogens is 3. The number of nitrogens with zero attached hydrogens (tertiary/aromatic N) is 2. The van der Waals surface area contributed by atoms with E-state index in [-0.39, 0.29) is 12.0 Å². The molecular weight excluding hydrogens is 493 g/mol. The standard InChI is InChI=1S/C26H32Cl3N3O2/c1-16-15-31(20-5-3-4-18(12-20)26(33)34)10-11-32(16)21-7-9-23(28)25(14-21)30-17(2)22-8-6-19(27)13-24(22)29/h6-9,13-14,16-18,20,30H,3-5,10-12,15H2,1-2H3,(H,33,34)/t16-,17?,18?,20-/m0/s1. The molecule has 1 heterocycles. The van der Waals surface area contributed by atoms with Crippen LogP contribution in [0.4, 0.5) is 11.4 Å². The van der Waals surface area contributed by atoms with Crippen LogP contribution in [-0.4, -0.2) is 47.7 Å². The number of rotatable bonds is 6. The van der Waals surface area contributed by atoms with Gasteiger partial charge in [-0.1, -0.05) is 47.3 Å². The largest absolute Gasteiger partial charge is 0.481 e. The first-order valence-corrected chi connectivity index (χ1v) is 13.1. The Labute approximate surface area is 217 Å². The van der Waals surface area contributed by atoms with Gasteiger partial charge in [-0.15, -0.1) is 0 Å². The minimum absolute atomic E-state index is 0.0414. The Hall–Kier alpha value is -1.66. The average Bonchev–Trinajstić information content (AvgIpc) is 2.80. The smallest absolute Gasteiger partial charge is 0.306 e. The first kappa shape index (κ1) is 25.4. The van der Waals surface area contributed by atoms with E-state index in [0.717, 1.165) is 62.3 Å². The Morgan fingerprint density at radius 2 is 1.88 bits per heavy atom. The molecule has 5 nitrogen and oxygen atoms in total. The van der Waals surface area contributed by atoms with Crippen LogP contribution in [0.15, 0.2) is 36.4 Å². The first-order chi connectivity index (χ1) is 16.2. The zero-order valence-corrected chi connectivity index (χ0v) is 21.9. The molecule has 2 fully saturated rings. The van der Waals surface area contributed by atoms with Crippen molar-refractivity contribution in [3.8, 4) is 0 Å². The van der Waals surface area contributed by atoms with Crippen LogP contribution < -0.4 is 10.2 Å². The molecule has 0 spiro atoms. The molecule has 2 aromatic rings. The van der Waals surface area contributed by atoms with Gasteiger partial charge in [0.15, 0.2) is 0 Å². The summed E-state index contributed by atoms with van der Waals surface area (Å²) in [6, 6.07) is 12.3. The number of hydrogen-bond acceptors (Lipinski definition) is 4. The summed E-state index contributed by atoms with van der Waals surface area (Å²) in [5, 5.41) is 14.9. The zero-order chi connectivity index (χ0) is 24.4. The highest BCUT2D eigenvalue weighted by atomic mass is 35.5. The number of aliphatic carboxylic acids is 1. The second kappa shape index (κ2) is 10.9. The molecule has 0 bridgehead atoms. The van der Waals surface area contributed by atoms with E-state index in [4.69, 9.17) is 34.8 Å². The maximum absolute atomic E-state index is 11.5. The van der Waals surface area contributed by atoms with Crippen LogP contribution in [0.1, 0.15) is 51.1 Å². The number of hydrogen-bond donors (Lipinski definition) is 2. The number of nitrogens with one attached hydrogen (secondary N) is 1. The second-order valence-corrected chi connectivity index (χ2v) is 10.8. The molecule has 0 amide bonds. The van der Waals surface area contributed by atoms with Crippen molar-refractivity contribution in [1.29, 1.82) is 0 Å². The van der Waals surface area contributed by atoms with Crippen LogP contribution in [0, 0.1) is 5.92 Å². The quantitative estimate of drug-likeness (QED) is 0.427. The van der Waals surface area contributed by atoms with Crippen LogP contribution in [-0.2, 0) is 4.79 Å². The molecule has 0 aromatic heterocycles. The number of carbonyl (C=O) groups is 1. The van der Waals surface area contributed by atoms with Crippen molar-refractivity contribution in [2.45, 2.75) is 57.7 Å². The van der Waals surface area contributed by atoms with Crippen LogP contribution >= 0.6 is 34.8 Å². The fraction of sp³-hybridized carbons (Fsp3) is 0.500. The monoisotopic (exact) mass is 523 g/mol. The van der Waals surface area contributed by atoms with Gasteiger partial charge in [0, 0.05) is 47.5 Å². The molecule has 1 aliphatic carbocycles. The lowest BCUT2D eigenvalue weighted by Crippen LogP contribution is -2.56. The Morgan fingerprint density at radius 3 is 2.59 bits per heavy atom. The van der Waals surface area contributed by atoms with Gasteiger partial charge in [-0.25, -0.2) is 0 Å².